The van der Waals surface area contributed by atoms with Crippen molar-refractivity contribution < 1.29 is 4.79 Å². The summed E-state index contributed by atoms with van der Waals surface area (Å²) in [5.41, 5.74) is 10.8. The molecule has 1 aliphatic heterocycles. The van der Waals surface area contributed by atoms with Gasteiger partial charge in [0, 0.05) is 19.4 Å². The van der Waals surface area contributed by atoms with E-state index in [9.17, 15) is 4.79 Å². The number of nitrogens with one attached hydrogen (secondary N) is 3. The van der Waals surface area contributed by atoms with Gasteiger partial charge in [0.25, 0.3) is 0 Å². The van der Waals surface area contributed by atoms with Crippen LogP contribution < -0.4 is 21.9 Å². The molecular formula is C7H15N5O. The standard InChI is InChI=1S/C7H15N5O/c1-4-3-6(10-7(8)9-4)12-11-5(2)13/h4,6,12H,3H2,1-2H3,(H,11,13)(H3,8,9,10). The summed E-state index contributed by atoms with van der Waals surface area (Å²) in [5.74, 6) is 0.265. The fourth-order valence-corrected chi connectivity index (χ4v) is 1.18. The molecule has 0 aromatic carbocycles. The van der Waals surface area contributed by atoms with Crippen LogP contribution in [0, 0.1) is 0 Å². The fourth-order valence-electron chi connectivity index (χ4n) is 1.18. The molecule has 0 saturated carbocycles. The molecule has 1 rings (SSSR count). The van der Waals surface area contributed by atoms with Crippen molar-refractivity contribution in [1.82, 2.24) is 16.2 Å². The summed E-state index contributed by atoms with van der Waals surface area (Å²) < 4.78 is 0. The van der Waals surface area contributed by atoms with Crippen LogP contribution in [-0.4, -0.2) is 24.1 Å². The molecule has 74 valence electrons. The molecular weight excluding hydrogens is 170 g/mol. The second-order valence-corrected chi connectivity index (χ2v) is 3.14. The Morgan fingerprint density at radius 2 is 2.46 bits per heavy atom. The first kappa shape index (κ1) is 9.79. The van der Waals surface area contributed by atoms with Crippen LogP contribution in [0.2, 0.25) is 0 Å². The number of carbonyl (C=O) groups is 1. The second-order valence-electron chi connectivity index (χ2n) is 3.14. The predicted octanol–water partition coefficient (Wildman–Crippen LogP) is -1.35. The predicted molar refractivity (Wildman–Crippen MR) is 49.6 cm³/mol. The molecule has 0 spiro atoms. The third-order valence-electron chi connectivity index (χ3n) is 1.68. The van der Waals surface area contributed by atoms with E-state index in [1.165, 1.54) is 6.92 Å². The Hall–Kier alpha value is -1.30. The minimum Gasteiger partial charge on any atom is -0.370 e. The van der Waals surface area contributed by atoms with Crippen molar-refractivity contribution in [2.75, 3.05) is 0 Å². The molecule has 0 aliphatic carbocycles. The van der Waals surface area contributed by atoms with Crippen LogP contribution in [0.1, 0.15) is 20.3 Å². The molecule has 0 bridgehead atoms. The van der Waals surface area contributed by atoms with Gasteiger partial charge in [0.2, 0.25) is 5.91 Å². The summed E-state index contributed by atoms with van der Waals surface area (Å²) in [6.45, 7) is 3.44. The van der Waals surface area contributed by atoms with E-state index in [0.29, 0.717) is 5.96 Å². The van der Waals surface area contributed by atoms with Crippen LogP contribution in [0.25, 0.3) is 0 Å². The number of guanidine groups is 1. The molecule has 1 heterocycles. The Morgan fingerprint density at radius 1 is 1.77 bits per heavy atom. The zero-order valence-corrected chi connectivity index (χ0v) is 7.79. The van der Waals surface area contributed by atoms with Crippen LogP contribution in [0.3, 0.4) is 0 Å². The van der Waals surface area contributed by atoms with E-state index in [-0.39, 0.29) is 18.1 Å². The normalized spacial score (nSPS) is 27.4. The number of hydrogen-bond donors (Lipinski definition) is 4. The first-order chi connectivity index (χ1) is 6.08. The Morgan fingerprint density at radius 3 is 3.00 bits per heavy atom. The van der Waals surface area contributed by atoms with Crippen molar-refractivity contribution in [3.05, 3.63) is 0 Å². The zero-order valence-electron chi connectivity index (χ0n) is 7.79. The third kappa shape index (κ3) is 3.29. The van der Waals surface area contributed by atoms with Gasteiger partial charge in [-0.15, -0.1) is 0 Å². The van der Waals surface area contributed by atoms with Gasteiger partial charge in [-0.25, -0.2) is 10.4 Å². The Kier molecular flexibility index (Phi) is 3.07. The van der Waals surface area contributed by atoms with Crippen molar-refractivity contribution in [2.45, 2.75) is 32.5 Å². The monoisotopic (exact) mass is 185 g/mol. The fraction of sp³-hybridized carbons (Fsp3) is 0.714. The van der Waals surface area contributed by atoms with Gasteiger partial charge in [0.1, 0.15) is 6.17 Å². The molecule has 6 heteroatoms. The maximum atomic E-state index is 10.6. The highest BCUT2D eigenvalue weighted by Crippen LogP contribution is 2.03. The highest BCUT2D eigenvalue weighted by Gasteiger charge is 2.17. The number of hydrazine groups is 1. The van der Waals surface area contributed by atoms with E-state index in [0.717, 1.165) is 6.42 Å². The lowest BCUT2D eigenvalue weighted by Crippen LogP contribution is -2.52. The zero-order chi connectivity index (χ0) is 9.84. The number of rotatable bonds is 2. The van der Waals surface area contributed by atoms with Crippen LogP contribution in [0.4, 0.5) is 0 Å². The minimum absolute atomic E-state index is 0.139. The topological polar surface area (TPSA) is 91.5 Å². The van der Waals surface area contributed by atoms with Gasteiger partial charge in [-0.3, -0.25) is 10.2 Å². The smallest absolute Gasteiger partial charge is 0.231 e. The lowest BCUT2D eigenvalue weighted by molar-refractivity contribution is -0.120. The Balaban J connectivity index is 2.41. The van der Waals surface area contributed by atoms with Gasteiger partial charge in [0.05, 0.1) is 0 Å². The molecule has 13 heavy (non-hydrogen) atoms. The van der Waals surface area contributed by atoms with Crippen LogP contribution in [0.5, 0.6) is 0 Å². The first-order valence-corrected chi connectivity index (χ1v) is 4.20. The largest absolute Gasteiger partial charge is 0.370 e. The molecule has 2 unspecified atom stereocenters. The summed E-state index contributed by atoms with van der Waals surface area (Å²) in [4.78, 5) is 14.6. The van der Waals surface area contributed by atoms with Gasteiger partial charge in [0.15, 0.2) is 5.96 Å². The lowest BCUT2D eigenvalue weighted by Gasteiger charge is -2.25. The SMILES string of the molecule is CC(=O)NNC1CC(C)NC(N)=N1. The molecule has 6 nitrogen and oxygen atoms in total. The molecule has 0 aromatic heterocycles. The summed E-state index contributed by atoms with van der Waals surface area (Å²) in [5, 5.41) is 2.97. The molecule has 2 atom stereocenters. The molecule has 0 radical (unpaired) electrons. The van der Waals surface area contributed by atoms with E-state index in [1.54, 1.807) is 0 Å². The number of hydrogen-bond acceptors (Lipinski definition) is 5. The molecule has 1 aliphatic rings. The average Bonchev–Trinajstić information content (AvgIpc) is 1.99. The maximum Gasteiger partial charge on any atom is 0.231 e. The number of aliphatic imine (C=N–C) groups is 1. The summed E-state index contributed by atoms with van der Waals surface area (Å²) >= 11 is 0. The molecule has 0 aromatic rings. The van der Waals surface area contributed by atoms with Crippen molar-refractivity contribution in [1.29, 1.82) is 0 Å². The third-order valence-corrected chi connectivity index (χ3v) is 1.68. The average molecular weight is 185 g/mol. The Labute approximate surface area is 76.9 Å². The lowest BCUT2D eigenvalue weighted by atomic mass is 10.2. The van der Waals surface area contributed by atoms with Gasteiger partial charge < -0.3 is 11.1 Å². The van der Waals surface area contributed by atoms with Crippen molar-refractivity contribution in [3.63, 3.8) is 0 Å². The second kappa shape index (κ2) is 4.08. The Bertz CT molecular complexity index is 227. The number of nitrogens with zero attached hydrogens (tertiary/aromatic N) is 1. The number of carbonyl (C=O) groups excluding carboxylic acids is 1. The first-order valence-electron chi connectivity index (χ1n) is 4.20. The van der Waals surface area contributed by atoms with Gasteiger partial charge in [-0.1, -0.05) is 0 Å². The maximum absolute atomic E-state index is 10.6. The number of nitrogens with two attached hydrogens (primary N) is 1. The van der Waals surface area contributed by atoms with Crippen molar-refractivity contribution in [3.8, 4) is 0 Å². The van der Waals surface area contributed by atoms with Gasteiger partial charge in [-0.05, 0) is 6.92 Å². The van der Waals surface area contributed by atoms with Crippen molar-refractivity contribution >= 4 is 11.9 Å². The number of amides is 1. The van der Waals surface area contributed by atoms with Gasteiger partial charge >= 0.3 is 0 Å². The molecule has 0 saturated heterocycles. The molecule has 1 amide bonds. The van der Waals surface area contributed by atoms with E-state index < -0.39 is 0 Å². The highest BCUT2D eigenvalue weighted by molar-refractivity contribution is 5.79. The highest BCUT2D eigenvalue weighted by atomic mass is 16.2. The van der Waals surface area contributed by atoms with E-state index in [2.05, 4.69) is 21.2 Å². The summed E-state index contributed by atoms with van der Waals surface area (Å²) in [6.07, 6.45) is 0.654. The van der Waals surface area contributed by atoms with Crippen LogP contribution in [-0.2, 0) is 4.79 Å². The van der Waals surface area contributed by atoms with Gasteiger partial charge in [-0.2, -0.15) is 0 Å². The quantitative estimate of drug-likeness (QED) is 0.400. The van der Waals surface area contributed by atoms with Crippen LogP contribution >= 0.6 is 0 Å². The molecule has 5 N–H and O–H groups in total. The van der Waals surface area contributed by atoms with Crippen LogP contribution in [0.15, 0.2) is 4.99 Å². The van der Waals surface area contributed by atoms with E-state index >= 15 is 0 Å². The van der Waals surface area contributed by atoms with E-state index in [1.807, 2.05) is 6.92 Å². The summed E-state index contributed by atoms with van der Waals surface area (Å²) in [7, 11) is 0. The molecule has 0 fully saturated rings. The van der Waals surface area contributed by atoms with Crippen molar-refractivity contribution in [2.24, 2.45) is 10.7 Å². The summed E-state index contributed by atoms with van der Waals surface area (Å²) in [6, 6.07) is 0.267. The van der Waals surface area contributed by atoms with E-state index in [4.69, 9.17) is 5.73 Å². The minimum atomic E-state index is -0.139.